The van der Waals surface area contributed by atoms with Gasteiger partial charge in [0.1, 0.15) is 5.69 Å². The van der Waals surface area contributed by atoms with E-state index in [1.54, 1.807) is 18.4 Å². The lowest BCUT2D eigenvalue weighted by Crippen LogP contribution is -2.32. The molecule has 0 saturated carbocycles. The van der Waals surface area contributed by atoms with Crippen LogP contribution in [0.15, 0.2) is 33.4 Å². The summed E-state index contributed by atoms with van der Waals surface area (Å²) in [6.07, 6.45) is 3.40. The molecule has 6 nitrogen and oxygen atoms in total. The lowest BCUT2D eigenvalue weighted by Gasteiger charge is -2.22. The normalized spacial score (nSPS) is 11.1. The molecule has 0 saturated heterocycles. The highest BCUT2D eigenvalue weighted by Crippen LogP contribution is 2.28. The lowest BCUT2D eigenvalue weighted by atomic mass is 10.1. The van der Waals surface area contributed by atoms with Crippen molar-refractivity contribution in [3.63, 3.8) is 0 Å². The maximum Gasteiger partial charge on any atom is 0.259 e. The molecule has 0 N–H and O–H groups in total. The summed E-state index contributed by atoms with van der Waals surface area (Å²) in [5.41, 5.74) is 2.16. The number of fused-ring (bicyclic) bond motifs is 1. The van der Waals surface area contributed by atoms with E-state index in [0.29, 0.717) is 33.8 Å². The Hall–Kier alpha value is -2.63. The van der Waals surface area contributed by atoms with Crippen molar-refractivity contribution in [2.24, 2.45) is 0 Å². The molecule has 0 bridgehead atoms. The summed E-state index contributed by atoms with van der Waals surface area (Å²) >= 11 is 0. The second-order valence-corrected chi connectivity index (χ2v) is 5.77. The van der Waals surface area contributed by atoms with Crippen LogP contribution in [0.25, 0.3) is 22.6 Å². The number of hydrogen-bond donors (Lipinski definition) is 0. The average Bonchev–Trinajstić information content (AvgIpc) is 3.23. The number of pyridine rings is 1. The second-order valence-electron chi connectivity index (χ2n) is 5.77. The largest absolute Gasteiger partial charge is 0.463 e. The van der Waals surface area contributed by atoms with Crippen LogP contribution >= 0.6 is 0 Å². The van der Waals surface area contributed by atoms with Crippen LogP contribution in [-0.4, -0.2) is 34.0 Å². The van der Waals surface area contributed by atoms with Crippen LogP contribution < -0.4 is 0 Å². The maximum atomic E-state index is 13.1. The number of nitrogens with zero attached hydrogens (tertiary/aromatic N) is 3. The molecular weight excluding hydrogens is 306 g/mol. The van der Waals surface area contributed by atoms with Crippen molar-refractivity contribution in [3.05, 3.63) is 35.7 Å². The van der Waals surface area contributed by atoms with Gasteiger partial charge in [0, 0.05) is 13.1 Å². The summed E-state index contributed by atoms with van der Waals surface area (Å²) in [5.74, 6) is 0.572. The number of carbonyl (C=O) groups is 1. The number of rotatable bonds is 6. The van der Waals surface area contributed by atoms with Crippen molar-refractivity contribution in [1.82, 2.24) is 15.0 Å². The fraction of sp³-hybridized carbons (Fsp3) is 0.389. The van der Waals surface area contributed by atoms with Gasteiger partial charge in [0.15, 0.2) is 5.76 Å². The first-order valence-electron chi connectivity index (χ1n) is 8.25. The summed E-state index contributed by atoms with van der Waals surface area (Å²) in [4.78, 5) is 19.4. The zero-order valence-corrected chi connectivity index (χ0v) is 14.2. The molecule has 0 aliphatic heterocycles. The molecular formula is C18H21N3O3. The number of amides is 1. The van der Waals surface area contributed by atoms with Gasteiger partial charge in [-0.05, 0) is 38.0 Å². The summed E-state index contributed by atoms with van der Waals surface area (Å²) in [6.45, 7) is 7.39. The Morgan fingerprint density at radius 1 is 1.25 bits per heavy atom. The van der Waals surface area contributed by atoms with Crippen molar-refractivity contribution in [2.45, 2.75) is 33.6 Å². The molecule has 3 aromatic heterocycles. The van der Waals surface area contributed by atoms with Crippen LogP contribution in [0.2, 0.25) is 0 Å². The maximum absolute atomic E-state index is 13.1. The van der Waals surface area contributed by atoms with Gasteiger partial charge >= 0.3 is 0 Å². The molecule has 3 aromatic rings. The Morgan fingerprint density at radius 2 is 2.00 bits per heavy atom. The fourth-order valence-corrected chi connectivity index (χ4v) is 2.84. The topological polar surface area (TPSA) is 72.4 Å². The quantitative estimate of drug-likeness (QED) is 0.683. The van der Waals surface area contributed by atoms with E-state index in [-0.39, 0.29) is 5.91 Å². The molecule has 3 rings (SSSR count). The van der Waals surface area contributed by atoms with Gasteiger partial charge in [-0.1, -0.05) is 19.0 Å². The fourth-order valence-electron chi connectivity index (χ4n) is 2.84. The molecule has 0 spiro atoms. The molecule has 1 amide bonds. The van der Waals surface area contributed by atoms with Crippen molar-refractivity contribution < 1.29 is 13.7 Å². The highest BCUT2D eigenvalue weighted by molar-refractivity contribution is 6.06. The van der Waals surface area contributed by atoms with Crippen molar-refractivity contribution in [1.29, 1.82) is 0 Å². The van der Waals surface area contributed by atoms with Crippen LogP contribution in [0.4, 0.5) is 0 Å². The SMILES string of the molecule is CCCN(CCC)C(=O)c1cc(-c2ccco2)nc2onc(C)c12. The molecule has 0 unspecified atom stereocenters. The molecule has 6 heteroatoms. The van der Waals surface area contributed by atoms with Gasteiger partial charge in [-0.25, -0.2) is 4.98 Å². The smallest absolute Gasteiger partial charge is 0.259 e. The molecule has 0 aliphatic carbocycles. The Balaban J connectivity index is 2.14. The number of aromatic nitrogens is 2. The number of aryl methyl sites for hydroxylation is 1. The minimum absolute atomic E-state index is 0.0230. The summed E-state index contributed by atoms with van der Waals surface area (Å²) < 4.78 is 10.7. The third kappa shape index (κ3) is 2.91. The minimum Gasteiger partial charge on any atom is -0.463 e. The van der Waals surface area contributed by atoms with Gasteiger partial charge < -0.3 is 13.8 Å². The van der Waals surface area contributed by atoms with Crippen LogP contribution in [0, 0.1) is 6.92 Å². The van der Waals surface area contributed by atoms with Gasteiger partial charge in [-0.3, -0.25) is 4.79 Å². The van der Waals surface area contributed by atoms with Gasteiger partial charge in [-0.15, -0.1) is 0 Å². The van der Waals surface area contributed by atoms with Gasteiger partial charge in [0.05, 0.1) is 22.9 Å². The van der Waals surface area contributed by atoms with E-state index in [1.807, 2.05) is 17.9 Å². The number of furan rings is 1. The average molecular weight is 327 g/mol. The van der Waals surface area contributed by atoms with Crippen molar-refractivity contribution >= 4 is 17.0 Å². The Bertz CT molecular complexity index is 831. The first kappa shape index (κ1) is 16.2. The monoisotopic (exact) mass is 327 g/mol. The van der Waals surface area contributed by atoms with E-state index >= 15 is 0 Å². The third-order valence-corrected chi connectivity index (χ3v) is 3.90. The third-order valence-electron chi connectivity index (χ3n) is 3.90. The molecule has 0 radical (unpaired) electrons. The zero-order valence-electron chi connectivity index (χ0n) is 14.2. The lowest BCUT2D eigenvalue weighted by molar-refractivity contribution is 0.0757. The van der Waals surface area contributed by atoms with Crippen molar-refractivity contribution in [2.75, 3.05) is 13.1 Å². The summed E-state index contributed by atoms with van der Waals surface area (Å²) in [7, 11) is 0. The number of hydrogen-bond acceptors (Lipinski definition) is 5. The highest BCUT2D eigenvalue weighted by atomic mass is 16.5. The van der Waals surface area contributed by atoms with Crippen molar-refractivity contribution in [3.8, 4) is 11.5 Å². The van der Waals surface area contributed by atoms with Crippen LogP contribution in [0.1, 0.15) is 42.7 Å². The Labute approximate surface area is 140 Å². The van der Waals surface area contributed by atoms with Gasteiger partial charge in [0.2, 0.25) is 0 Å². The number of carbonyl (C=O) groups excluding carboxylic acids is 1. The summed E-state index contributed by atoms with van der Waals surface area (Å²) in [6, 6.07) is 5.36. The molecule has 3 heterocycles. The molecule has 0 aromatic carbocycles. The van der Waals surface area contributed by atoms with Crippen LogP contribution in [0.3, 0.4) is 0 Å². The minimum atomic E-state index is -0.0230. The van der Waals surface area contributed by atoms with E-state index < -0.39 is 0 Å². The van der Waals surface area contributed by atoms with E-state index in [9.17, 15) is 4.79 Å². The Kier molecular flexibility index (Phi) is 4.64. The summed E-state index contributed by atoms with van der Waals surface area (Å²) in [5, 5.41) is 4.65. The van der Waals surface area contributed by atoms with E-state index in [1.165, 1.54) is 0 Å². The van der Waals surface area contributed by atoms with E-state index in [2.05, 4.69) is 24.0 Å². The highest BCUT2D eigenvalue weighted by Gasteiger charge is 2.23. The van der Waals surface area contributed by atoms with Gasteiger partial charge in [0.25, 0.3) is 11.6 Å². The molecule has 0 fully saturated rings. The van der Waals surface area contributed by atoms with Crippen LogP contribution in [0.5, 0.6) is 0 Å². The predicted molar refractivity (Wildman–Crippen MR) is 90.7 cm³/mol. The van der Waals surface area contributed by atoms with E-state index in [4.69, 9.17) is 8.94 Å². The van der Waals surface area contributed by atoms with E-state index in [0.717, 1.165) is 25.9 Å². The van der Waals surface area contributed by atoms with Crippen LogP contribution in [-0.2, 0) is 0 Å². The molecule has 24 heavy (non-hydrogen) atoms. The molecule has 0 atom stereocenters. The zero-order chi connectivity index (χ0) is 17.1. The first-order valence-corrected chi connectivity index (χ1v) is 8.25. The van der Waals surface area contributed by atoms with Gasteiger partial charge in [-0.2, -0.15) is 0 Å². The molecule has 0 aliphatic rings. The predicted octanol–water partition coefficient (Wildman–Crippen LogP) is 4.05. The first-order chi connectivity index (χ1) is 11.7. The Morgan fingerprint density at radius 3 is 2.62 bits per heavy atom. The second kappa shape index (κ2) is 6.86. The molecule has 126 valence electrons. The standard InChI is InChI=1S/C18H21N3O3/c1-4-8-21(9-5-2)18(22)13-11-14(15-7-6-10-23-15)19-17-16(13)12(3)20-24-17/h6-7,10-11H,4-5,8-9H2,1-3H3.